The number of aryl methyl sites for hydroxylation is 1. The first-order valence-electron chi connectivity index (χ1n) is 11.0. The fourth-order valence-electron chi connectivity index (χ4n) is 3.31. The van der Waals surface area contributed by atoms with Crippen molar-refractivity contribution in [1.82, 2.24) is 14.9 Å². The van der Waals surface area contributed by atoms with Gasteiger partial charge in [-0.3, -0.25) is 28.6 Å². The normalized spacial score (nSPS) is 25.3. The summed E-state index contributed by atoms with van der Waals surface area (Å²) in [6.07, 6.45) is -2.79. The van der Waals surface area contributed by atoms with Crippen LogP contribution in [0, 0.1) is 6.92 Å². The number of unbranched alkanes of at least 4 members (excludes halogenated alkanes) is 3. The number of hydrogen-bond donors (Lipinski definition) is 6. The van der Waals surface area contributed by atoms with Crippen LogP contribution in [0.3, 0.4) is 0 Å². The van der Waals surface area contributed by atoms with Crippen LogP contribution in [0.15, 0.2) is 15.8 Å². The number of aliphatic hydroxyl groups excluding tert-OH is 2. The summed E-state index contributed by atoms with van der Waals surface area (Å²) in [5.41, 5.74) is -1.50. The van der Waals surface area contributed by atoms with E-state index in [0.29, 0.717) is 12.8 Å². The molecule has 1 aromatic heterocycles. The highest BCUT2D eigenvalue weighted by molar-refractivity contribution is 7.61. The summed E-state index contributed by atoms with van der Waals surface area (Å²) in [5, 5.41) is 23.4. The van der Waals surface area contributed by atoms with Gasteiger partial charge in [0.15, 0.2) is 6.23 Å². The Bertz CT molecular complexity index is 1110. The second-order valence-electron chi connectivity index (χ2n) is 8.07. The molecule has 36 heavy (non-hydrogen) atoms. The van der Waals surface area contributed by atoms with Crippen LogP contribution < -0.4 is 16.6 Å². The second-order valence-corrected chi connectivity index (χ2v) is 11.0. The van der Waals surface area contributed by atoms with Crippen LogP contribution in [0.25, 0.3) is 0 Å². The molecule has 0 aromatic carbocycles. The highest BCUT2D eigenvalue weighted by Gasteiger charge is 2.46. The minimum absolute atomic E-state index is 0.106. The third-order valence-electron chi connectivity index (χ3n) is 5.14. The molecule has 1 aliphatic heterocycles. The molecule has 16 nitrogen and oxygen atoms in total. The molecule has 2 heterocycles. The second kappa shape index (κ2) is 13.2. The van der Waals surface area contributed by atoms with E-state index < -0.39 is 64.0 Å². The first kappa shape index (κ1) is 30.5. The number of aromatic amines is 1. The molecule has 0 spiro atoms. The van der Waals surface area contributed by atoms with Gasteiger partial charge in [0.2, 0.25) is 0 Å². The molecule has 1 fully saturated rings. The molecule has 1 saturated heterocycles. The zero-order valence-corrected chi connectivity index (χ0v) is 21.4. The van der Waals surface area contributed by atoms with E-state index in [2.05, 4.69) is 18.7 Å². The van der Waals surface area contributed by atoms with Gasteiger partial charge in [-0.05, 0) is 33.4 Å². The maximum absolute atomic E-state index is 12.1. The van der Waals surface area contributed by atoms with Crippen LogP contribution in [0.4, 0.5) is 0 Å². The quantitative estimate of drug-likeness (QED) is 0.123. The number of phosphoric ester groups is 2. The molecule has 0 aliphatic carbocycles. The van der Waals surface area contributed by atoms with Gasteiger partial charge in [-0.1, -0.05) is 12.8 Å². The molecular formula is C18H31N3O13P2. The number of phosphoric acid groups is 2. The Balaban J connectivity index is 1.89. The van der Waals surface area contributed by atoms with Crippen molar-refractivity contribution in [3.63, 3.8) is 0 Å². The lowest BCUT2D eigenvalue weighted by atomic mass is 10.1. The van der Waals surface area contributed by atoms with E-state index in [1.54, 1.807) is 7.05 Å². The molecule has 1 aromatic rings. The SMILES string of the molecule is CNCCCCCCC(=O)OP(=O)(O)OP(=O)(O)OC[C@H]1O[C@@H](n2cc(C)c(=O)[nH]c2=O)[C@@H](O)C1O. The zero-order valence-electron chi connectivity index (χ0n) is 19.6. The Morgan fingerprint density at radius 1 is 1.14 bits per heavy atom. The van der Waals surface area contributed by atoms with E-state index >= 15 is 0 Å². The van der Waals surface area contributed by atoms with E-state index in [1.165, 1.54) is 6.92 Å². The van der Waals surface area contributed by atoms with Crippen LogP contribution in [0.1, 0.15) is 43.9 Å². The van der Waals surface area contributed by atoms with Gasteiger partial charge in [0.25, 0.3) is 5.56 Å². The average molecular weight is 559 g/mol. The molecule has 0 saturated carbocycles. The number of H-pyrrole nitrogens is 1. The summed E-state index contributed by atoms with van der Waals surface area (Å²) in [5.74, 6) is -1.11. The summed E-state index contributed by atoms with van der Waals surface area (Å²) < 4.78 is 43.1. The molecule has 206 valence electrons. The van der Waals surface area contributed by atoms with E-state index in [4.69, 9.17) is 4.74 Å². The monoisotopic (exact) mass is 559 g/mol. The van der Waals surface area contributed by atoms with Gasteiger partial charge in [0.05, 0.1) is 6.61 Å². The minimum Gasteiger partial charge on any atom is -0.387 e. The van der Waals surface area contributed by atoms with Gasteiger partial charge >= 0.3 is 27.3 Å². The Kier molecular flexibility index (Phi) is 11.2. The molecule has 18 heteroatoms. The average Bonchev–Trinajstić information content (AvgIpc) is 3.04. The Morgan fingerprint density at radius 3 is 2.47 bits per heavy atom. The fraction of sp³-hybridized carbons (Fsp3) is 0.722. The number of nitrogens with zero attached hydrogens (tertiary/aromatic N) is 1. The number of hydrogen-bond acceptors (Lipinski definition) is 12. The van der Waals surface area contributed by atoms with Crippen LogP contribution in [-0.2, 0) is 32.0 Å². The topological polar surface area (TPSA) is 236 Å². The van der Waals surface area contributed by atoms with Crippen molar-refractivity contribution >= 4 is 21.6 Å². The summed E-state index contributed by atoms with van der Waals surface area (Å²) in [4.78, 5) is 56.7. The fourth-order valence-corrected chi connectivity index (χ4v) is 5.36. The summed E-state index contributed by atoms with van der Waals surface area (Å²) >= 11 is 0. The van der Waals surface area contributed by atoms with E-state index in [0.717, 1.165) is 30.2 Å². The molecule has 2 rings (SSSR count). The molecular weight excluding hydrogens is 528 g/mol. The lowest BCUT2D eigenvalue weighted by Crippen LogP contribution is -2.38. The van der Waals surface area contributed by atoms with E-state index in [9.17, 15) is 43.5 Å². The number of carbonyl (C=O) groups excluding carboxylic acids is 1. The third kappa shape index (κ3) is 8.99. The maximum Gasteiger partial charge on any atom is 0.538 e. The van der Waals surface area contributed by atoms with Crippen molar-refractivity contribution in [1.29, 1.82) is 0 Å². The predicted molar refractivity (Wildman–Crippen MR) is 122 cm³/mol. The standard InChI is InChI=1S/C18H31N3O13P2/c1-11-9-21(18(26)20-16(11)25)17-15(24)14(23)12(32-17)10-31-35(27,28)34-36(29,30)33-13(22)7-5-3-4-6-8-19-2/h9,12,14-15,17,19,23-24H,3-8,10H2,1-2H3,(H,27,28)(H,29,30)(H,20,25,26)/t12-,14?,15+,17-/m1/s1. The van der Waals surface area contributed by atoms with Gasteiger partial charge in [-0.15, -0.1) is 0 Å². The molecule has 0 amide bonds. The maximum atomic E-state index is 12.1. The molecule has 1 aliphatic rings. The molecule has 0 radical (unpaired) electrons. The smallest absolute Gasteiger partial charge is 0.387 e. The Labute approximate surface area is 205 Å². The van der Waals surface area contributed by atoms with Gasteiger partial charge in [0, 0.05) is 18.2 Å². The third-order valence-corrected chi connectivity index (χ3v) is 7.70. The highest BCUT2D eigenvalue weighted by atomic mass is 31.3. The van der Waals surface area contributed by atoms with Crippen LogP contribution in [0.5, 0.6) is 0 Å². The molecule has 6 atom stereocenters. The lowest BCUT2D eigenvalue weighted by Gasteiger charge is -2.19. The highest BCUT2D eigenvalue weighted by Crippen LogP contribution is 2.60. The van der Waals surface area contributed by atoms with Crippen LogP contribution in [-0.4, -0.2) is 74.0 Å². The van der Waals surface area contributed by atoms with Crippen molar-refractivity contribution in [2.75, 3.05) is 20.2 Å². The Morgan fingerprint density at radius 2 is 1.81 bits per heavy atom. The first-order chi connectivity index (χ1) is 16.8. The number of rotatable bonds is 14. The summed E-state index contributed by atoms with van der Waals surface area (Å²) in [6, 6.07) is 0. The predicted octanol–water partition coefficient (Wildman–Crippen LogP) is -0.589. The number of carbonyl (C=O) groups is 1. The van der Waals surface area contributed by atoms with Gasteiger partial charge in [0.1, 0.15) is 18.3 Å². The van der Waals surface area contributed by atoms with Crippen molar-refractivity contribution in [2.45, 2.75) is 63.6 Å². The van der Waals surface area contributed by atoms with Crippen LogP contribution in [0.2, 0.25) is 0 Å². The van der Waals surface area contributed by atoms with Gasteiger partial charge < -0.3 is 29.7 Å². The number of ether oxygens (including phenoxy) is 1. The van der Waals surface area contributed by atoms with Crippen molar-refractivity contribution in [3.8, 4) is 0 Å². The van der Waals surface area contributed by atoms with Crippen molar-refractivity contribution < 1.29 is 52.0 Å². The van der Waals surface area contributed by atoms with Gasteiger partial charge in [-0.2, -0.15) is 4.31 Å². The largest absolute Gasteiger partial charge is 0.538 e. The minimum atomic E-state index is -5.33. The van der Waals surface area contributed by atoms with Gasteiger partial charge in [-0.25, -0.2) is 13.9 Å². The first-order valence-corrected chi connectivity index (χ1v) is 14.0. The summed E-state index contributed by atoms with van der Waals surface area (Å²) in [7, 11) is -8.84. The molecule has 3 unspecified atom stereocenters. The molecule has 6 N–H and O–H groups in total. The Hall–Kier alpha value is -1.71. The zero-order chi connectivity index (χ0) is 27.1. The van der Waals surface area contributed by atoms with E-state index in [-0.39, 0.29) is 12.0 Å². The van der Waals surface area contributed by atoms with E-state index in [1.807, 2.05) is 4.98 Å². The number of nitrogens with one attached hydrogen (secondary N) is 2. The van der Waals surface area contributed by atoms with Crippen LogP contribution >= 0.6 is 15.6 Å². The van der Waals surface area contributed by atoms with Crippen molar-refractivity contribution in [2.24, 2.45) is 0 Å². The number of aliphatic hydroxyl groups is 2. The molecule has 0 bridgehead atoms. The van der Waals surface area contributed by atoms with Crippen molar-refractivity contribution in [3.05, 3.63) is 32.6 Å². The number of aromatic nitrogens is 2. The lowest BCUT2D eigenvalue weighted by molar-refractivity contribution is -0.135. The summed E-state index contributed by atoms with van der Waals surface area (Å²) in [6.45, 7) is 1.27.